The largest absolute Gasteiger partial charge is 0.484 e. The van der Waals surface area contributed by atoms with E-state index < -0.39 is 0 Å². The summed E-state index contributed by atoms with van der Waals surface area (Å²) in [5.74, 6) is 1.53. The molecule has 2 heterocycles. The smallest absolute Gasteiger partial charge is 0.258 e. The van der Waals surface area contributed by atoms with Crippen LogP contribution >= 0.6 is 0 Å². The Morgan fingerprint density at radius 2 is 1.89 bits per heavy atom. The van der Waals surface area contributed by atoms with Crippen molar-refractivity contribution in [2.75, 3.05) is 26.2 Å². The van der Waals surface area contributed by atoms with Gasteiger partial charge < -0.3 is 19.4 Å². The van der Waals surface area contributed by atoms with E-state index in [9.17, 15) is 4.79 Å². The Bertz CT molecular complexity index is 885. The SMILES string of the molecule is O=C(COc1ccc2ccccc2c1)NC[C@@H](c1ccco1)[NH+]1CCCC1. The lowest BCUT2D eigenvalue weighted by molar-refractivity contribution is -0.919. The van der Waals surface area contributed by atoms with Gasteiger partial charge in [-0.1, -0.05) is 30.3 Å². The number of carbonyl (C=O) groups is 1. The summed E-state index contributed by atoms with van der Waals surface area (Å²) in [4.78, 5) is 13.8. The molecule has 0 spiro atoms. The molecule has 2 aromatic carbocycles. The zero-order chi connectivity index (χ0) is 18.5. The molecule has 1 fully saturated rings. The number of carbonyl (C=O) groups excluding carboxylic acids is 1. The number of hydrogen-bond acceptors (Lipinski definition) is 3. The summed E-state index contributed by atoms with van der Waals surface area (Å²) in [6, 6.07) is 18.0. The van der Waals surface area contributed by atoms with E-state index in [1.807, 2.05) is 48.5 Å². The number of fused-ring (bicyclic) bond motifs is 1. The van der Waals surface area contributed by atoms with Crippen molar-refractivity contribution in [3.8, 4) is 5.75 Å². The van der Waals surface area contributed by atoms with Gasteiger partial charge in [0.15, 0.2) is 18.4 Å². The molecule has 27 heavy (non-hydrogen) atoms. The van der Waals surface area contributed by atoms with E-state index >= 15 is 0 Å². The molecule has 1 saturated heterocycles. The summed E-state index contributed by atoms with van der Waals surface area (Å²) in [5, 5.41) is 5.27. The Labute approximate surface area is 158 Å². The molecule has 0 saturated carbocycles. The minimum Gasteiger partial charge on any atom is -0.484 e. The Balaban J connectivity index is 1.32. The quantitative estimate of drug-likeness (QED) is 0.676. The van der Waals surface area contributed by atoms with Gasteiger partial charge in [-0.25, -0.2) is 0 Å². The lowest BCUT2D eigenvalue weighted by atomic mass is 10.1. The monoisotopic (exact) mass is 365 g/mol. The van der Waals surface area contributed by atoms with Gasteiger partial charge in [-0.3, -0.25) is 4.79 Å². The summed E-state index contributed by atoms with van der Waals surface area (Å²) >= 11 is 0. The van der Waals surface area contributed by atoms with Crippen LogP contribution < -0.4 is 15.0 Å². The number of nitrogens with one attached hydrogen (secondary N) is 2. The number of amides is 1. The number of quaternary nitrogens is 1. The third-order valence-electron chi connectivity index (χ3n) is 5.22. The fourth-order valence-corrected chi connectivity index (χ4v) is 3.79. The molecule has 1 aromatic heterocycles. The first kappa shape index (κ1) is 17.6. The molecule has 1 aliphatic heterocycles. The fraction of sp³-hybridized carbons (Fsp3) is 0.318. The number of rotatable bonds is 7. The number of benzene rings is 2. The molecule has 3 aromatic rings. The standard InChI is InChI=1S/C22H24N2O3/c25-22(16-27-19-10-9-17-6-1-2-7-18(17)14-19)23-15-20(21-8-5-13-26-21)24-11-3-4-12-24/h1-2,5-10,13-14,20H,3-4,11-12,15-16H2,(H,23,25)/p+1/t20-/m0/s1. The molecule has 1 amide bonds. The Morgan fingerprint density at radius 1 is 1.07 bits per heavy atom. The highest BCUT2D eigenvalue weighted by Gasteiger charge is 2.29. The molecule has 0 bridgehead atoms. The molecule has 2 N–H and O–H groups in total. The van der Waals surface area contributed by atoms with Crippen molar-refractivity contribution in [1.82, 2.24) is 5.32 Å². The molecule has 5 heteroatoms. The van der Waals surface area contributed by atoms with Crippen molar-refractivity contribution in [2.45, 2.75) is 18.9 Å². The van der Waals surface area contributed by atoms with Crippen LogP contribution in [0.1, 0.15) is 24.6 Å². The molecule has 1 atom stereocenters. The van der Waals surface area contributed by atoms with E-state index in [1.165, 1.54) is 17.7 Å². The molecule has 140 valence electrons. The van der Waals surface area contributed by atoms with Crippen LogP contribution in [-0.4, -0.2) is 32.1 Å². The summed E-state index contributed by atoms with van der Waals surface area (Å²) in [5.41, 5.74) is 0. The Kier molecular flexibility index (Phi) is 5.39. The molecule has 0 radical (unpaired) electrons. The van der Waals surface area contributed by atoms with Crippen LogP contribution in [0.5, 0.6) is 5.75 Å². The van der Waals surface area contributed by atoms with Gasteiger partial charge in [0.2, 0.25) is 0 Å². The van der Waals surface area contributed by atoms with Crippen molar-refractivity contribution < 1.29 is 18.8 Å². The second-order valence-corrected chi connectivity index (χ2v) is 7.04. The normalized spacial score (nSPS) is 15.7. The number of likely N-dealkylation sites (tertiary alicyclic amines) is 1. The van der Waals surface area contributed by atoms with Crippen LogP contribution in [0.4, 0.5) is 0 Å². The zero-order valence-corrected chi connectivity index (χ0v) is 15.3. The maximum Gasteiger partial charge on any atom is 0.258 e. The number of ether oxygens (including phenoxy) is 1. The lowest BCUT2D eigenvalue weighted by Crippen LogP contribution is -3.11. The minimum atomic E-state index is -0.113. The highest BCUT2D eigenvalue weighted by atomic mass is 16.5. The molecule has 0 aliphatic carbocycles. The first-order valence-corrected chi connectivity index (χ1v) is 9.56. The van der Waals surface area contributed by atoms with Crippen LogP contribution in [0.15, 0.2) is 65.3 Å². The predicted octanol–water partition coefficient (Wildman–Crippen LogP) is 2.35. The second-order valence-electron chi connectivity index (χ2n) is 7.04. The van der Waals surface area contributed by atoms with Gasteiger partial charge in [-0.05, 0) is 35.0 Å². The van der Waals surface area contributed by atoms with E-state index in [0.717, 1.165) is 29.6 Å². The van der Waals surface area contributed by atoms with E-state index in [-0.39, 0.29) is 18.6 Å². The van der Waals surface area contributed by atoms with Crippen LogP contribution in [-0.2, 0) is 4.79 Å². The maximum absolute atomic E-state index is 12.3. The Morgan fingerprint density at radius 3 is 2.67 bits per heavy atom. The van der Waals surface area contributed by atoms with Crippen LogP contribution in [0.3, 0.4) is 0 Å². The molecular formula is C22H25N2O3+. The summed E-state index contributed by atoms with van der Waals surface area (Å²) in [7, 11) is 0. The predicted molar refractivity (Wildman–Crippen MR) is 104 cm³/mol. The van der Waals surface area contributed by atoms with Crippen LogP contribution in [0, 0.1) is 0 Å². The highest BCUT2D eigenvalue weighted by Crippen LogP contribution is 2.20. The van der Waals surface area contributed by atoms with Crippen LogP contribution in [0.2, 0.25) is 0 Å². The van der Waals surface area contributed by atoms with Gasteiger partial charge in [0.05, 0.1) is 25.9 Å². The molecule has 0 unspecified atom stereocenters. The Hall–Kier alpha value is -2.79. The molecule has 5 nitrogen and oxygen atoms in total. The van der Waals surface area contributed by atoms with Crippen molar-refractivity contribution >= 4 is 16.7 Å². The van der Waals surface area contributed by atoms with E-state index in [4.69, 9.17) is 9.15 Å². The van der Waals surface area contributed by atoms with Crippen molar-refractivity contribution in [3.05, 3.63) is 66.6 Å². The van der Waals surface area contributed by atoms with Crippen molar-refractivity contribution in [3.63, 3.8) is 0 Å². The van der Waals surface area contributed by atoms with Gasteiger partial charge in [0, 0.05) is 12.8 Å². The minimum absolute atomic E-state index is 0.0124. The average molecular weight is 365 g/mol. The van der Waals surface area contributed by atoms with E-state index in [0.29, 0.717) is 12.3 Å². The highest BCUT2D eigenvalue weighted by molar-refractivity contribution is 5.84. The third kappa shape index (κ3) is 4.31. The first-order chi connectivity index (χ1) is 13.3. The van der Waals surface area contributed by atoms with Gasteiger partial charge in [0.1, 0.15) is 5.75 Å². The van der Waals surface area contributed by atoms with Gasteiger partial charge in [-0.15, -0.1) is 0 Å². The summed E-state index contributed by atoms with van der Waals surface area (Å²) in [6.45, 7) is 2.81. The topological polar surface area (TPSA) is 55.9 Å². The zero-order valence-electron chi connectivity index (χ0n) is 15.3. The van der Waals surface area contributed by atoms with Crippen molar-refractivity contribution in [2.24, 2.45) is 0 Å². The number of furan rings is 1. The van der Waals surface area contributed by atoms with Gasteiger partial charge in [-0.2, -0.15) is 0 Å². The first-order valence-electron chi connectivity index (χ1n) is 9.56. The number of hydrogen-bond donors (Lipinski definition) is 2. The average Bonchev–Trinajstić information content (AvgIpc) is 3.41. The van der Waals surface area contributed by atoms with Crippen LogP contribution in [0.25, 0.3) is 10.8 Å². The molecule has 4 rings (SSSR count). The van der Waals surface area contributed by atoms with Gasteiger partial charge >= 0.3 is 0 Å². The van der Waals surface area contributed by atoms with E-state index in [2.05, 4.69) is 11.4 Å². The van der Waals surface area contributed by atoms with E-state index in [1.54, 1.807) is 6.26 Å². The third-order valence-corrected chi connectivity index (χ3v) is 5.22. The summed E-state index contributed by atoms with van der Waals surface area (Å²) in [6.07, 6.45) is 4.15. The maximum atomic E-state index is 12.3. The fourth-order valence-electron chi connectivity index (χ4n) is 3.79. The lowest BCUT2D eigenvalue weighted by Gasteiger charge is -2.23. The molecule has 1 aliphatic rings. The molecular weight excluding hydrogens is 340 g/mol. The summed E-state index contributed by atoms with van der Waals surface area (Å²) < 4.78 is 11.3. The van der Waals surface area contributed by atoms with Crippen molar-refractivity contribution in [1.29, 1.82) is 0 Å². The van der Waals surface area contributed by atoms with Gasteiger partial charge in [0.25, 0.3) is 5.91 Å². The second kappa shape index (κ2) is 8.27.